The van der Waals surface area contributed by atoms with E-state index in [1.165, 1.54) is 31.4 Å². The Hall–Kier alpha value is -1.71. The average molecular weight is 280 g/mol. The summed E-state index contributed by atoms with van der Waals surface area (Å²) < 4.78 is 5.50. The van der Waals surface area contributed by atoms with Gasteiger partial charge in [0.1, 0.15) is 17.1 Å². The highest BCUT2D eigenvalue weighted by atomic mass is 16.5. The number of hydrogen-bond donors (Lipinski definition) is 2. The zero-order chi connectivity index (χ0) is 15.0. The Balaban J connectivity index is 2.22. The highest BCUT2D eigenvalue weighted by molar-refractivity contribution is 5.90. The zero-order valence-electron chi connectivity index (χ0n) is 12.3. The average Bonchev–Trinajstić information content (AvgIpc) is 2.37. The van der Waals surface area contributed by atoms with E-state index in [-0.39, 0.29) is 11.3 Å². The van der Waals surface area contributed by atoms with Crippen molar-refractivity contribution >= 4 is 5.97 Å². The summed E-state index contributed by atoms with van der Waals surface area (Å²) in [5.41, 5.74) is -0.106. The molecule has 0 fully saturated rings. The van der Waals surface area contributed by atoms with Crippen molar-refractivity contribution in [3.63, 3.8) is 0 Å². The van der Waals surface area contributed by atoms with E-state index in [9.17, 15) is 9.90 Å². The van der Waals surface area contributed by atoms with E-state index in [2.05, 4.69) is 13.8 Å². The van der Waals surface area contributed by atoms with Gasteiger partial charge in [0.25, 0.3) is 0 Å². The van der Waals surface area contributed by atoms with Crippen LogP contribution in [0, 0.1) is 5.92 Å². The SMILES string of the molecule is CC(C)CCCCCCOc1ccc(C(=O)O)c(O)c1. The van der Waals surface area contributed by atoms with Crippen LogP contribution in [0.2, 0.25) is 0 Å². The first kappa shape index (κ1) is 16.3. The monoisotopic (exact) mass is 280 g/mol. The van der Waals surface area contributed by atoms with Gasteiger partial charge in [-0.05, 0) is 24.5 Å². The molecule has 20 heavy (non-hydrogen) atoms. The van der Waals surface area contributed by atoms with Crippen LogP contribution in [0.15, 0.2) is 18.2 Å². The van der Waals surface area contributed by atoms with Crippen molar-refractivity contribution in [2.75, 3.05) is 6.61 Å². The van der Waals surface area contributed by atoms with Crippen LogP contribution in [0.25, 0.3) is 0 Å². The number of ether oxygens (including phenoxy) is 1. The highest BCUT2D eigenvalue weighted by Crippen LogP contribution is 2.23. The molecule has 1 aromatic rings. The molecule has 1 rings (SSSR count). The molecule has 0 aliphatic carbocycles. The highest BCUT2D eigenvalue weighted by Gasteiger charge is 2.09. The summed E-state index contributed by atoms with van der Waals surface area (Å²) in [5.74, 6) is -0.122. The first-order valence-electron chi connectivity index (χ1n) is 7.20. The molecule has 0 aliphatic heterocycles. The topological polar surface area (TPSA) is 66.8 Å². The molecule has 0 radical (unpaired) electrons. The molecule has 112 valence electrons. The molecular formula is C16H24O4. The molecular weight excluding hydrogens is 256 g/mol. The van der Waals surface area contributed by atoms with Crippen LogP contribution in [0.3, 0.4) is 0 Å². The van der Waals surface area contributed by atoms with Gasteiger partial charge in [0, 0.05) is 6.07 Å². The van der Waals surface area contributed by atoms with E-state index in [1.807, 2.05) is 0 Å². The third kappa shape index (κ3) is 5.95. The summed E-state index contributed by atoms with van der Waals surface area (Å²) in [6, 6.07) is 4.28. The summed E-state index contributed by atoms with van der Waals surface area (Å²) in [6.07, 6.45) is 5.84. The van der Waals surface area contributed by atoms with Crippen LogP contribution in [0.4, 0.5) is 0 Å². The van der Waals surface area contributed by atoms with Crippen LogP contribution in [0.5, 0.6) is 11.5 Å². The van der Waals surface area contributed by atoms with Gasteiger partial charge in [-0.2, -0.15) is 0 Å². The number of aromatic hydroxyl groups is 1. The maximum atomic E-state index is 10.7. The number of phenols is 1. The Kier molecular flexibility index (Phi) is 6.91. The molecule has 0 bridgehead atoms. The predicted molar refractivity (Wildman–Crippen MR) is 78.5 cm³/mol. The van der Waals surface area contributed by atoms with Crippen molar-refractivity contribution in [1.82, 2.24) is 0 Å². The van der Waals surface area contributed by atoms with E-state index in [1.54, 1.807) is 6.07 Å². The lowest BCUT2D eigenvalue weighted by Crippen LogP contribution is -2.00. The normalized spacial score (nSPS) is 10.8. The summed E-state index contributed by atoms with van der Waals surface area (Å²) in [7, 11) is 0. The predicted octanol–water partition coefficient (Wildman–Crippen LogP) is 4.08. The second kappa shape index (κ2) is 8.46. The number of carboxylic acids is 1. The van der Waals surface area contributed by atoms with Gasteiger partial charge in [0.15, 0.2) is 0 Å². The fraction of sp³-hybridized carbons (Fsp3) is 0.562. The van der Waals surface area contributed by atoms with E-state index in [4.69, 9.17) is 9.84 Å². The molecule has 0 heterocycles. The molecule has 0 aliphatic rings. The minimum absolute atomic E-state index is 0.106. The molecule has 0 saturated heterocycles. The van der Waals surface area contributed by atoms with E-state index >= 15 is 0 Å². The molecule has 0 aromatic heterocycles. The van der Waals surface area contributed by atoms with Gasteiger partial charge in [-0.15, -0.1) is 0 Å². The lowest BCUT2D eigenvalue weighted by atomic mass is 10.0. The van der Waals surface area contributed by atoms with Gasteiger partial charge >= 0.3 is 5.97 Å². The van der Waals surface area contributed by atoms with E-state index in [0.29, 0.717) is 12.4 Å². The second-order valence-electron chi connectivity index (χ2n) is 5.43. The molecule has 0 unspecified atom stereocenters. The maximum Gasteiger partial charge on any atom is 0.339 e. The third-order valence-electron chi connectivity index (χ3n) is 3.14. The van der Waals surface area contributed by atoms with Crippen molar-refractivity contribution in [2.45, 2.75) is 46.0 Å². The number of rotatable bonds is 9. The first-order valence-corrected chi connectivity index (χ1v) is 7.20. The Bertz CT molecular complexity index is 426. The van der Waals surface area contributed by atoms with E-state index in [0.717, 1.165) is 18.8 Å². The number of unbranched alkanes of at least 4 members (excludes halogenated alkanes) is 3. The van der Waals surface area contributed by atoms with Gasteiger partial charge in [0.05, 0.1) is 6.61 Å². The molecule has 1 aromatic carbocycles. The smallest absolute Gasteiger partial charge is 0.339 e. The van der Waals surface area contributed by atoms with Crippen LogP contribution >= 0.6 is 0 Å². The van der Waals surface area contributed by atoms with Crippen molar-refractivity contribution < 1.29 is 19.7 Å². The quantitative estimate of drug-likeness (QED) is 0.669. The van der Waals surface area contributed by atoms with Gasteiger partial charge in [-0.3, -0.25) is 0 Å². The molecule has 4 heteroatoms. The van der Waals surface area contributed by atoms with Crippen molar-refractivity contribution in [2.24, 2.45) is 5.92 Å². The number of aromatic carboxylic acids is 1. The maximum absolute atomic E-state index is 10.7. The fourth-order valence-corrected chi connectivity index (χ4v) is 1.98. The van der Waals surface area contributed by atoms with Crippen LogP contribution in [0.1, 0.15) is 56.3 Å². The molecule has 0 spiro atoms. The van der Waals surface area contributed by atoms with Gasteiger partial charge in [0.2, 0.25) is 0 Å². The molecule has 0 saturated carbocycles. The lowest BCUT2D eigenvalue weighted by molar-refractivity contribution is 0.0693. The zero-order valence-corrected chi connectivity index (χ0v) is 12.3. The number of carboxylic acid groups (broad SMARTS) is 1. The van der Waals surface area contributed by atoms with Crippen LogP contribution < -0.4 is 4.74 Å². The Morgan fingerprint density at radius 1 is 1.20 bits per heavy atom. The lowest BCUT2D eigenvalue weighted by Gasteiger charge is -2.08. The summed E-state index contributed by atoms with van der Waals surface area (Å²) in [5, 5.41) is 18.3. The number of benzene rings is 1. The van der Waals surface area contributed by atoms with Crippen LogP contribution in [-0.4, -0.2) is 22.8 Å². The largest absolute Gasteiger partial charge is 0.507 e. The van der Waals surface area contributed by atoms with Gasteiger partial charge in [-0.25, -0.2) is 4.79 Å². The second-order valence-corrected chi connectivity index (χ2v) is 5.43. The van der Waals surface area contributed by atoms with Crippen LogP contribution in [-0.2, 0) is 0 Å². The summed E-state index contributed by atoms with van der Waals surface area (Å²) >= 11 is 0. The Labute approximate surface area is 120 Å². The van der Waals surface area contributed by atoms with Gasteiger partial charge in [-0.1, -0.05) is 39.5 Å². The molecule has 0 atom stereocenters. The first-order chi connectivity index (χ1) is 9.50. The van der Waals surface area contributed by atoms with Crippen molar-refractivity contribution in [3.8, 4) is 11.5 Å². The van der Waals surface area contributed by atoms with Crippen molar-refractivity contribution in [1.29, 1.82) is 0 Å². The number of hydrogen-bond acceptors (Lipinski definition) is 3. The third-order valence-corrected chi connectivity index (χ3v) is 3.14. The standard InChI is InChI=1S/C16H24O4/c1-12(2)7-5-3-4-6-10-20-13-8-9-14(16(18)19)15(17)11-13/h8-9,11-12,17H,3-7,10H2,1-2H3,(H,18,19). The number of carbonyl (C=O) groups is 1. The minimum Gasteiger partial charge on any atom is -0.507 e. The summed E-state index contributed by atoms with van der Waals surface area (Å²) in [6.45, 7) is 5.06. The minimum atomic E-state index is -1.14. The molecule has 2 N–H and O–H groups in total. The molecule has 4 nitrogen and oxygen atoms in total. The Morgan fingerprint density at radius 3 is 2.50 bits per heavy atom. The van der Waals surface area contributed by atoms with Gasteiger partial charge < -0.3 is 14.9 Å². The fourth-order valence-electron chi connectivity index (χ4n) is 1.98. The van der Waals surface area contributed by atoms with Crippen molar-refractivity contribution in [3.05, 3.63) is 23.8 Å². The molecule has 0 amide bonds. The summed E-state index contributed by atoms with van der Waals surface area (Å²) in [4.78, 5) is 10.7. The van der Waals surface area contributed by atoms with E-state index < -0.39 is 5.97 Å². The Morgan fingerprint density at radius 2 is 1.90 bits per heavy atom.